The second-order valence-electron chi connectivity index (χ2n) is 6.83. The molecule has 3 aromatic rings. The maximum Gasteiger partial charge on any atom is 0.171 e. The Morgan fingerprint density at radius 2 is 1.73 bits per heavy atom. The van der Waals surface area contributed by atoms with Crippen LogP contribution in [0.2, 0.25) is 0 Å². The van der Waals surface area contributed by atoms with Gasteiger partial charge in [-0.05, 0) is 35.7 Å². The van der Waals surface area contributed by atoms with Crippen molar-refractivity contribution in [2.45, 2.75) is 19.0 Å². The molecule has 1 saturated heterocycles. The van der Waals surface area contributed by atoms with Crippen LogP contribution >= 0.6 is 12.2 Å². The van der Waals surface area contributed by atoms with Gasteiger partial charge in [-0.1, -0.05) is 66.7 Å². The van der Waals surface area contributed by atoms with Gasteiger partial charge < -0.3 is 10.6 Å². The molecule has 0 saturated carbocycles. The molecule has 0 bridgehead atoms. The highest BCUT2D eigenvalue weighted by molar-refractivity contribution is 7.80. The maximum absolute atomic E-state index is 5.56. The van der Waals surface area contributed by atoms with Crippen LogP contribution in [0.5, 0.6) is 0 Å². The van der Waals surface area contributed by atoms with E-state index in [0.717, 1.165) is 31.7 Å². The van der Waals surface area contributed by atoms with Crippen LogP contribution < -0.4 is 10.6 Å². The standard InChI is InChI=1S/C22H23N3S/c26-22(24-21-12-6-10-18-9-4-5-11-20(18)21)23-19-13-14-25(16-19)15-17-7-2-1-3-8-17/h1-12,19H,13-16H2,(H2,23,24,26). The molecule has 0 radical (unpaired) electrons. The molecule has 1 unspecified atom stereocenters. The summed E-state index contributed by atoms with van der Waals surface area (Å²) in [4.78, 5) is 2.48. The molecule has 132 valence electrons. The Morgan fingerprint density at radius 1 is 0.962 bits per heavy atom. The quantitative estimate of drug-likeness (QED) is 0.674. The van der Waals surface area contributed by atoms with E-state index in [4.69, 9.17) is 12.2 Å². The van der Waals surface area contributed by atoms with E-state index in [1.54, 1.807) is 0 Å². The zero-order valence-electron chi connectivity index (χ0n) is 14.7. The maximum atomic E-state index is 5.56. The number of benzene rings is 3. The highest BCUT2D eigenvalue weighted by Gasteiger charge is 2.23. The first-order chi connectivity index (χ1) is 12.8. The first kappa shape index (κ1) is 17.0. The molecule has 3 nitrogen and oxygen atoms in total. The molecule has 4 rings (SSSR count). The lowest BCUT2D eigenvalue weighted by molar-refractivity contribution is 0.324. The van der Waals surface area contributed by atoms with Crippen LogP contribution in [0.4, 0.5) is 5.69 Å². The number of hydrogen-bond donors (Lipinski definition) is 2. The van der Waals surface area contributed by atoms with Gasteiger partial charge in [0.2, 0.25) is 0 Å². The van der Waals surface area contributed by atoms with E-state index in [0.29, 0.717) is 11.2 Å². The van der Waals surface area contributed by atoms with Crippen LogP contribution in [0, 0.1) is 0 Å². The van der Waals surface area contributed by atoms with E-state index in [-0.39, 0.29) is 0 Å². The van der Waals surface area contributed by atoms with Crippen molar-refractivity contribution in [1.29, 1.82) is 0 Å². The van der Waals surface area contributed by atoms with E-state index < -0.39 is 0 Å². The molecule has 4 heteroatoms. The van der Waals surface area contributed by atoms with Crippen molar-refractivity contribution in [2.75, 3.05) is 18.4 Å². The minimum Gasteiger partial charge on any atom is -0.358 e. The lowest BCUT2D eigenvalue weighted by atomic mass is 10.1. The molecule has 1 atom stereocenters. The number of nitrogens with one attached hydrogen (secondary N) is 2. The average Bonchev–Trinajstić information content (AvgIpc) is 3.09. The van der Waals surface area contributed by atoms with Crippen molar-refractivity contribution >= 4 is 33.8 Å². The van der Waals surface area contributed by atoms with E-state index in [1.807, 2.05) is 0 Å². The summed E-state index contributed by atoms with van der Waals surface area (Å²) in [5, 5.41) is 9.98. The molecule has 0 aromatic heterocycles. The predicted octanol–water partition coefficient (Wildman–Crippen LogP) is 4.40. The van der Waals surface area contributed by atoms with Crippen molar-refractivity contribution < 1.29 is 0 Å². The minimum absolute atomic E-state index is 0.397. The SMILES string of the molecule is S=C(Nc1cccc2ccccc12)NC1CCN(Cc2ccccc2)C1. The molecule has 1 aliphatic heterocycles. The van der Waals surface area contributed by atoms with Crippen LogP contribution in [-0.4, -0.2) is 29.1 Å². The van der Waals surface area contributed by atoms with Gasteiger partial charge in [0.25, 0.3) is 0 Å². The van der Waals surface area contributed by atoms with Gasteiger partial charge in [-0.25, -0.2) is 0 Å². The van der Waals surface area contributed by atoms with Crippen molar-refractivity contribution in [1.82, 2.24) is 10.2 Å². The fourth-order valence-electron chi connectivity index (χ4n) is 3.61. The van der Waals surface area contributed by atoms with Gasteiger partial charge in [0.1, 0.15) is 0 Å². The molecule has 1 fully saturated rings. The van der Waals surface area contributed by atoms with Crippen LogP contribution in [0.15, 0.2) is 72.8 Å². The Bertz CT molecular complexity index is 889. The summed E-state index contributed by atoms with van der Waals surface area (Å²) in [6, 6.07) is 25.7. The zero-order valence-corrected chi connectivity index (χ0v) is 15.5. The number of rotatable bonds is 4. The first-order valence-electron chi connectivity index (χ1n) is 9.09. The van der Waals surface area contributed by atoms with Crippen molar-refractivity contribution in [2.24, 2.45) is 0 Å². The van der Waals surface area contributed by atoms with Crippen molar-refractivity contribution in [3.05, 3.63) is 78.4 Å². The van der Waals surface area contributed by atoms with Gasteiger partial charge in [-0.3, -0.25) is 4.90 Å². The van der Waals surface area contributed by atoms with E-state index in [9.17, 15) is 0 Å². The Hall–Kier alpha value is -2.43. The Balaban J connectivity index is 1.34. The van der Waals surface area contributed by atoms with Crippen LogP contribution in [0.3, 0.4) is 0 Å². The average molecular weight is 362 g/mol. The number of nitrogens with zero attached hydrogens (tertiary/aromatic N) is 1. The summed E-state index contributed by atoms with van der Waals surface area (Å²) >= 11 is 5.56. The summed E-state index contributed by atoms with van der Waals surface area (Å²) < 4.78 is 0. The van der Waals surface area contributed by atoms with E-state index >= 15 is 0 Å². The number of fused-ring (bicyclic) bond motifs is 1. The third-order valence-corrected chi connectivity index (χ3v) is 5.11. The molecular weight excluding hydrogens is 338 g/mol. The summed E-state index contributed by atoms with van der Waals surface area (Å²) in [5.74, 6) is 0. The summed E-state index contributed by atoms with van der Waals surface area (Å²) in [5.41, 5.74) is 2.42. The second kappa shape index (κ2) is 7.85. The zero-order chi connectivity index (χ0) is 17.8. The largest absolute Gasteiger partial charge is 0.358 e. The lowest BCUT2D eigenvalue weighted by Gasteiger charge is -2.19. The van der Waals surface area contributed by atoms with Crippen LogP contribution in [0.1, 0.15) is 12.0 Å². The molecule has 0 aliphatic carbocycles. The molecular formula is C22H23N3S. The lowest BCUT2D eigenvalue weighted by Crippen LogP contribution is -2.39. The fraction of sp³-hybridized carbons (Fsp3) is 0.227. The second-order valence-corrected chi connectivity index (χ2v) is 7.24. The summed E-state index contributed by atoms with van der Waals surface area (Å²) in [6.45, 7) is 3.12. The smallest absolute Gasteiger partial charge is 0.171 e. The predicted molar refractivity (Wildman–Crippen MR) is 113 cm³/mol. The third-order valence-electron chi connectivity index (χ3n) is 4.89. The molecule has 0 amide bonds. The fourth-order valence-corrected chi connectivity index (χ4v) is 3.89. The van der Waals surface area contributed by atoms with Gasteiger partial charge in [0, 0.05) is 36.7 Å². The van der Waals surface area contributed by atoms with Gasteiger partial charge in [-0.2, -0.15) is 0 Å². The Labute approximate surface area is 160 Å². The molecule has 1 aliphatic rings. The summed E-state index contributed by atoms with van der Waals surface area (Å²) in [6.07, 6.45) is 1.12. The number of hydrogen-bond acceptors (Lipinski definition) is 2. The van der Waals surface area contributed by atoms with Gasteiger partial charge in [0.05, 0.1) is 0 Å². The number of thiocarbonyl (C=S) groups is 1. The molecule has 3 aromatic carbocycles. The first-order valence-corrected chi connectivity index (χ1v) is 9.50. The van der Waals surface area contributed by atoms with Gasteiger partial charge in [0.15, 0.2) is 5.11 Å². The Kier molecular flexibility index (Phi) is 5.14. The summed E-state index contributed by atoms with van der Waals surface area (Å²) in [7, 11) is 0. The molecule has 26 heavy (non-hydrogen) atoms. The van der Waals surface area contributed by atoms with Crippen molar-refractivity contribution in [3.63, 3.8) is 0 Å². The van der Waals surface area contributed by atoms with Crippen LogP contribution in [-0.2, 0) is 6.54 Å². The molecule has 0 spiro atoms. The highest BCUT2D eigenvalue weighted by Crippen LogP contribution is 2.23. The topological polar surface area (TPSA) is 27.3 Å². The van der Waals surface area contributed by atoms with E-state index in [1.165, 1.54) is 16.3 Å². The third kappa shape index (κ3) is 4.03. The Morgan fingerprint density at radius 3 is 2.62 bits per heavy atom. The molecule has 2 N–H and O–H groups in total. The molecule has 1 heterocycles. The number of anilines is 1. The van der Waals surface area contributed by atoms with Crippen molar-refractivity contribution in [3.8, 4) is 0 Å². The normalized spacial score (nSPS) is 17.3. The van der Waals surface area contributed by atoms with Gasteiger partial charge >= 0.3 is 0 Å². The van der Waals surface area contributed by atoms with Gasteiger partial charge in [-0.15, -0.1) is 0 Å². The highest BCUT2D eigenvalue weighted by atomic mass is 32.1. The minimum atomic E-state index is 0.397. The van der Waals surface area contributed by atoms with E-state index in [2.05, 4.69) is 88.3 Å². The van der Waals surface area contributed by atoms with Crippen LogP contribution in [0.25, 0.3) is 10.8 Å². The monoisotopic (exact) mass is 361 g/mol. The number of likely N-dealkylation sites (tertiary alicyclic amines) is 1.